The number of amides is 1. The first-order chi connectivity index (χ1) is 17.6. The molecule has 0 saturated heterocycles. The van der Waals surface area contributed by atoms with Gasteiger partial charge in [-0.1, -0.05) is 84.9 Å². The average Bonchev–Trinajstić information content (AvgIpc) is 2.90. The van der Waals surface area contributed by atoms with E-state index in [2.05, 4.69) is 34.3 Å². The predicted molar refractivity (Wildman–Crippen MR) is 145 cm³/mol. The normalized spacial score (nSPS) is 12.1. The summed E-state index contributed by atoms with van der Waals surface area (Å²) >= 11 is 0. The van der Waals surface area contributed by atoms with Gasteiger partial charge in [-0.15, -0.1) is 6.58 Å². The number of carboxylic acids is 1. The summed E-state index contributed by atoms with van der Waals surface area (Å²) in [5.41, 5.74) is 3.82. The first kappa shape index (κ1) is 26.6. The Morgan fingerprint density at radius 2 is 1.58 bits per heavy atom. The lowest BCUT2D eigenvalue weighted by atomic mass is 9.99. The summed E-state index contributed by atoms with van der Waals surface area (Å²) in [5, 5.41) is 16.1. The van der Waals surface area contributed by atoms with Crippen LogP contribution in [0, 0.1) is 0 Å². The Bertz CT molecular complexity index is 1160. The molecule has 3 rings (SSSR count). The van der Waals surface area contributed by atoms with E-state index in [1.165, 1.54) is 5.56 Å². The van der Waals surface area contributed by atoms with Crippen LogP contribution in [0.1, 0.15) is 42.4 Å². The molecule has 1 atom stereocenters. The molecule has 0 radical (unpaired) electrons. The van der Waals surface area contributed by atoms with Crippen LogP contribution in [0.3, 0.4) is 0 Å². The monoisotopic (exact) mass is 483 g/mol. The van der Waals surface area contributed by atoms with Crippen LogP contribution in [0.5, 0.6) is 0 Å². The Hall–Kier alpha value is -4.03. The molecule has 3 aromatic rings. The lowest BCUT2D eigenvalue weighted by Gasteiger charge is -2.16. The number of benzene rings is 3. The number of carboxylic acid groups (broad SMARTS) is 1. The molecule has 0 spiro atoms. The van der Waals surface area contributed by atoms with Gasteiger partial charge in [0.2, 0.25) is 5.91 Å². The molecule has 0 aliphatic rings. The van der Waals surface area contributed by atoms with Crippen LogP contribution in [-0.4, -0.2) is 35.3 Å². The van der Waals surface area contributed by atoms with Gasteiger partial charge in [-0.3, -0.25) is 9.79 Å². The Kier molecular flexibility index (Phi) is 10.6. The number of hydrogen-bond acceptors (Lipinski definition) is 4. The van der Waals surface area contributed by atoms with Gasteiger partial charge in [-0.2, -0.15) is 0 Å². The molecule has 6 nitrogen and oxygen atoms in total. The van der Waals surface area contributed by atoms with E-state index in [0.29, 0.717) is 23.4 Å². The molecule has 0 unspecified atom stereocenters. The maximum absolute atomic E-state index is 12.7. The van der Waals surface area contributed by atoms with Crippen molar-refractivity contribution in [3.63, 3.8) is 0 Å². The van der Waals surface area contributed by atoms with Crippen LogP contribution in [0.2, 0.25) is 0 Å². The molecule has 186 valence electrons. The molecule has 0 aromatic heterocycles. The number of unbranched alkanes of at least 4 members (excludes halogenated alkanes) is 1. The smallest absolute Gasteiger partial charge is 0.328 e. The molecule has 0 aliphatic carbocycles. The van der Waals surface area contributed by atoms with E-state index < -0.39 is 12.0 Å². The second-order valence-corrected chi connectivity index (χ2v) is 8.44. The van der Waals surface area contributed by atoms with Crippen molar-refractivity contribution in [2.45, 2.75) is 38.3 Å². The summed E-state index contributed by atoms with van der Waals surface area (Å²) in [4.78, 5) is 29.1. The number of para-hydroxylation sites is 1. The van der Waals surface area contributed by atoms with Crippen molar-refractivity contribution in [3.05, 3.63) is 114 Å². The summed E-state index contributed by atoms with van der Waals surface area (Å²) < 4.78 is 0. The molecule has 0 saturated carbocycles. The summed E-state index contributed by atoms with van der Waals surface area (Å²) in [6.45, 7) is 5.31. The van der Waals surface area contributed by atoms with E-state index in [1.54, 1.807) is 6.08 Å². The number of anilines is 1. The highest BCUT2D eigenvalue weighted by molar-refractivity contribution is 6.17. The quantitative estimate of drug-likeness (QED) is 0.162. The number of hydrogen-bond donors (Lipinski definition) is 3. The number of carbonyl (C=O) groups is 2. The van der Waals surface area contributed by atoms with E-state index in [9.17, 15) is 14.7 Å². The number of aliphatic carboxylic acids is 1. The molecule has 3 aromatic carbocycles. The highest BCUT2D eigenvalue weighted by Gasteiger charge is 2.19. The van der Waals surface area contributed by atoms with Crippen molar-refractivity contribution in [2.75, 3.05) is 11.9 Å². The fourth-order valence-electron chi connectivity index (χ4n) is 3.79. The second kappa shape index (κ2) is 14.4. The molecule has 0 heterocycles. The lowest BCUT2D eigenvalue weighted by Crippen LogP contribution is -2.21. The van der Waals surface area contributed by atoms with Crippen LogP contribution in [0.25, 0.3) is 0 Å². The minimum atomic E-state index is -1.02. The molecule has 1 amide bonds. The minimum Gasteiger partial charge on any atom is -0.480 e. The number of nitrogens with one attached hydrogen (secondary N) is 2. The van der Waals surface area contributed by atoms with Gasteiger partial charge in [0.15, 0.2) is 6.04 Å². The minimum absolute atomic E-state index is 0.0844. The molecule has 3 N–H and O–H groups in total. The van der Waals surface area contributed by atoms with E-state index >= 15 is 0 Å². The van der Waals surface area contributed by atoms with Gasteiger partial charge in [-0.25, -0.2) is 4.79 Å². The third-order valence-corrected chi connectivity index (χ3v) is 5.64. The average molecular weight is 484 g/mol. The van der Waals surface area contributed by atoms with Crippen molar-refractivity contribution in [2.24, 2.45) is 4.99 Å². The summed E-state index contributed by atoms with van der Waals surface area (Å²) in [7, 11) is 0. The fraction of sp³-hybridized carbons (Fsp3) is 0.233. The maximum Gasteiger partial charge on any atom is 0.328 e. The SMILES string of the molecule is C=CC[C@H](N=C(c1ccccc1)c1ccccc1NC(=O)CCCCNCc1ccccc1)C(=O)O. The zero-order chi connectivity index (χ0) is 25.6. The highest BCUT2D eigenvalue weighted by atomic mass is 16.4. The molecule has 6 heteroatoms. The lowest BCUT2D eigenvalue weighted by molar-refractivity contribution is -0.138. The van der Waals surface area contributed by atoms with Gasteiger partial charge in [-0.05, 0) is 37.4 Å². The summed E-state index contributed by atoms with van der Waals surface area (Å²) in [6, 6.07) is 26.0. The van der Waals surface area contributed by atoms with Gasteiger partial charge >= 0.3 is 5.97 Å². The topological polar surface area (TPSA) is 90.8 Å². The molecular weight excluding hydrogens is 450 g/mol. The van der Waals surface area contributed by atoms with Gasteiger partial charge in [0.25, 0.3) is 0 Å². The standard InChI is InChI=1S/C30H33N3O3/c1-2-13-27(30(35)36)33-29(24-16-7-4-8-17-24)25-18-9-10-19-26(25)32-28(34)20-11-12-21-31-22-23-14-5-3-6-15-23/h2-10,14-19,27,31H,1,11-13,20-22H2,(H,32,34)(H,35,36)/t27-/m0/s1. The van der Waals surface area contributed by atoms with Crippen molar-refractivity contribution in [1.82, 2.24) is 5.32 Å². The molecular formula is C30H33N3O3. The maximum atomic E-state index is 12.7. The first-order valence-electron chi connectivity index (χ1n) is 12.2. The fourth-order valence-corrected chi connectivity index (χ4v) is 3.79. The van der Waals surface area contributed by atoms with Gasteiger partial charge in [0, 0.05) is 24.1 Å². The van der Waals surface area contributed by atoms with Gasteiger partial charge < -0.3 is 15.7 Å². The first-order valence-corrected chi connectivity index (χ1v) is 12.2. The summed E-state index contributed by atoms with van der Waals surface area (Å²) in [6.07, 6.45) is 3.80. The Balaban J connectivity index is 1.66. The van der Waals surface area contributed by atoms with Crippen LogP contribution in [0.15, 0.2) is 103 Å². The van der Waals surface area contributed by atoms with E-state index in [4.69, 9.17) is 0 Å². The largest absolute Gasteiger partial charge is 0.480 e. The van der Waals surface area contributed by atoms with Crippen molar-refractivity contribution in [1.29, 1.82) is 0 Å². The number of nitrogens with zero attached hydrogens (tertiary/aromatic N) is 1. The molecule has 0 fully saturated rings. The van der Waals surface area contributed by atoms with Crippen LogP contribution < -0.4 is 10.6 Å². The van der Waals surface area contributed by atoms with Crippen molar-refractivity contribution < 1.29 is 14.7 Å². The highest BCUT2D eigenvalue weighted by Crippen LogP contribution is 2.22. The molecule has 0 bridgehead atoms. The number of rotatable bonds is 14. The second-order valence-electron chi connectivity index (χ2n) is 8.44. The van der Waals surface area contributed by atoms with Crippen molar-refractivity contribution >= 4 is 23.3 Å². The van der Waals surface area contributed by atoms with Gasteiger partial charge in [0.05, 0.1) is 11.4 Å². The number of carbonyl (C=O) groups excluding carboxylic acids is 1. The van der Waals surface area contributed by atoms with E-state index in [-0.39, 0.29) is 12.3 Å². The summed E-state index contributed by atoms with van der Waals surface area (Å²) in [5.74, 6) is -1.11. The predicted octanol–water partition coefficient (Wildman–Crippen LogP) is 5.45. The number of aliphatic imine (C=N–C) groups is 1. The van der Waals surface area contributed by atoms with Crippen LogP contribution >= 0.6 is 0 Å². The van der Waals surface area contributed by atoms with Crippen LogP contribution in [-0.2, 0) is 16.1 Å². The Morgan fingerprint density at radius 3 is 2.28 bits per heavy atom. The third-order valence-electron chi connectivity index (χ3n) is 5.64. The van der Waals surface area contributed by atoms with Crippen molar-refractivity contribution in [3.8, 4) is 0 Å². The Morgan fingerprint density at radius 1 is 0.917 bits per heavy atom. The molecule has 36 heavy (non-hydrogen) atoms. The zero-order valence-electron chi connectivity index (χ0n) is 20.4. The third kappa shape index (κ3) is 8.32. The van der Waals surface area contributed by atoms with E-state index in [0.717, 1.165) is 31.5 Å². The van der Waals surface area contributed by atoms with Gasteiger partial charge in [0.1, 0.15) is 0 Å². The molecule has 0 aliphatic heterocycles. The zero-order valence-corrected chi connectivity index (χ0v) is 20.4. The van der Waals surface area contributed by atoms with Crippen LogP contribution in [0.4, 0.5) is 5.69 Å². The Labute approximate surface area is 212 Å². The van der Waals surface area contributed by atoms with E-state index in [1.807, 2.05) is 72.8 Å².